The molecule has 3 aromatic carbocycles. The maximum atomic E-state index is 14.4. The van der Waals surface area contributed by atoms with Crippen molar-refractivity contribution in [2.45, 2.75) is 68.1 Å². The van der Waals surface area contributed by atoms with Crippen molar-refractivity contribution in [3.05, 3.63) is 72.3 Å². The molecule has 4 atom stereocenters. The molecule has 15 heteroatoms. The molecule has 280 valence electrons. The maximum Gasteiger partial charge on any atom is 0.261 e. The van der Waals surface area contributed by atoms with Gasteiger partial charge in [0, 0.05) is 38.3 Å². The minimum absolute atomic E-state index is 0.00829. The number of methoxy groups -OCH3 is 2. The highest BCUT2D eigenvalue weighted by Gasteiger charge is 2.32. The maximum absolute atomic E-state index is 14.4. The number of sulfonamides is 2. The van der Waals surface area contributed by atoms with Crippen LogP contribution in [0.5, 0.6) is 17.2 Å². The van der Waals surface area contributed by atoms with Gasteiger partial charge in [0.2, 0.25) is 10.0 Å². The third kappa shape index (κ3) is 10.1. The number of fused-ring (bicyclic) bond motifs is 1. The van der Waals surface area contributed by atoms with Crippen LogP contribution in [0.4, 0.5) is 5.69 Å². The van der Waals surface area contributed by atoms with E-state index in [0.29, 0.717) is 30.9 Å². The molecule has 3 aromatic rings. The Kier molecular flexibility index (Phi) is 13.7. The van der Waals surface area contributed by atoms with E-state index in [9.17, 15) is 26.7 Å². The molecule has 1 aliphatic rings. The number of aliphatic hydroxyl groups is 1. The number of carbonyl (C=O) groups excluding carboxylic acids is 1. The van der Waals surface area contributed by atoms with E-state index >= 15 is 0 Å². The summed E-state index contributed by atoms with van der Waals surface area (Å²) in [6.07, 6.45) is 1.19. The summed E-state index contributed by atoms with van der Waals surface area (Å²) in [6.45, 7) is 5.58. The Morgan fingerprint density at radius 3 is 2.14 bits per heavy atom. The molecule has 0 unspecified atom stereocenters. The number of nitrogens with one attached hydrogen (secondary N) is 1. The first-order valence-corrected chi connectivity index (χ1v) is 19.7. The summed E-state index contributed by atoms with van der Waals surface area (Å²) in [4.78, 5) is 16.0. The molecule has 2 N–H and O–H groups in total. The van der Waals surface area contributed by atoms with Gasteiger partial charge in [-0.15, -0.1) is 0 Å². The van der Waals surface area contributed by atoms with Gasteiger partial charge in [-0.3, -0.25) is 9.52 Å². The second-order valence-corrected chi connectivity index (χ2v) is 16.5. The lowest BCUT2D eigenvalue weighted by Crippen LogP contribution is -2.48. The number of benzene rings is 3. The van der Waals surface area contributed by atoms with Crippen LogP contribution >= 0.6 is 0 Å². The van der Waals surface area contributed by atoms with Gasteiger partial charge in [0.05, 0.1) is 54.4 Å². The normalized spacial score (nSPS) is 20.1. The molecule has 1 heterocycles. The number of likely N-dealkylation sites (N-methyl/N-ethyl adjacent to an activating group) is 1. The minimum Gasteiger partial charge on any atom is -0.497 e. The van der Waals surface area contributed by atoms with E-state index in [1.807, 2.05) is 13.8 Å². The van der Waals surface area contributed by atoms with E-state index < -0.39 is 38.1 Å². The smallest absolute Gasteiger partial charge is 0.261 e. The fourth-order valence-electron chi connectivity index (χ4n) is 5.70. The monoisotopic (exact) mass is 747 g/mol. The third-order valence-corrected chi connectivity index (χ3v) is 12.1. The average Bonchev–Trinajstić information content (AvgIpc) is 3.12. The first-order chi connectivity index (χ1) is 24.2. The Bertz CT molecular complexity index is 1820. The number of amides is 1. The van der Waals surface area contributed by atoms with Crippen molar-refractivity contribution in [1.82, 2.24) is 9.21 Å². The summed E-state index contributed by atoms with van der Waals surface area (Å²) in [7, 11) is -3.43. The predicted octanol–water partition coefficient (Wildman–Crippen LogP) is 4.62. The molecule has 13 nitrogen and oxygen atoms in total. The largest absolute Gasteiger partial charge is 0.497 e. The lowest BCUT2D eigenvalue weighted by atomic mass is 10.0. The molecule has 1 aliphatic heterocycles. The molecular formula is C36H49N3O10S2. The summed E-state index contributed by atoms with van der Waals surface area (Å²) >= 11 is 0. The van der Waals surface area contributed by atoms with Crippen molar-refractivity contribution < 1.29 is 45.7 Å². The number of hydrogen-bond acceptors (Lipinski definition) is 10. The van der Waals surface area contributed by atoms with E-state index in [1.54, 1.807) is 25.1 Å². The van der Waals surface area contributed by atoms with Crippen LogP contribution in [0.25, 0.3) is 0 Å². The van der Waals surface area contributed by atoms with Crippen molar-refractivity contribution >= 4 is 31.6 Å². The highest BCUT2D eigenvalue weighted by atomic mass is 32.2. The molecule has 0 saturated heterocycles. The van der Waals surface area contributed by atoms with E-state index in [2.05, 4.69) is 4.72 Å². The number of carbonyl (C=O) groups is 1. The van der Waals surface area contributed by atoms with Gasteiger partial charge >= 0.3 is 0 Å². The standard InChI is InChI=1S/C36H49N3O10S2/c1-25-22-39(26(2)24-40)36(41)33-21-28(37-50(42,43)31-15-11-29(46-5)12-16-31)10-19-34(33)49-27(3)9-7-8-20-48-35(25)23-38(4)51(44,45)32-17-13-30(47-6)14-18-32/h10-19,21,25-27,35,37,40H,7-9,20,22-24H2,1-6H3/t25-,26+,27+,35+/m1/s1. The molecule has 0 aromatic heterocycles. The number of nitrogens with zero attached hydrogens (tertiary/aromatic N) is 2. The van der Waals surface area contributed by atoms with Crippen LogP contribution in [-0.4, -0.2) is 103 Å². The molecule has 0 radical (unpaired) electrons. The average molecular weight is 748 g/mol. The zero-order valence-corrected chi connectivity index (χ0v) is 31.6. The Morgan fingerprint density at radius 2 is 1.55 bits per heavy atom. The van der Waals surface area contributed by atoms with Crippen LogP contribution in [-0.2, 0) is 24.8 Å². The van der Waals surface area contributed by atoms with E-state index in [1.165, 1.54) is 79.0 Å². The van der Waals surface area contributed by atoms with Crippen molar-refractivity contribution in [3.63, 3.8) is 0 Å². The summed E-state index contributed by atoms with van der Waals surface area (Å²) < 4.78 is 80.3. The van der Waals surface area contributed by atoms with Crippen LogP contribution in [0.2, 0.25) is 0 Å². The molecule has 1 amide bonds. The van der Waals surface area contributed by atoms with Crippen molar-refractivity contribution in [1.29, 1.82) is 0 Å². The zero-order chi connectivity index (χ0) is 37.3. The fourth-order valence-corrected chi connectivity index (χ4v) is 7.93. The van der Waals surface area contributed by atoms with Gasteiger partial charge in [-0.2, -0.15) is 4.31 Å². The highest BCUT2D eigenvalue weighted by molar-refractivity contribution is 7.92. The van der Waals surface area contributed by atoms with Crippen LogP contribution in [0.15, 0.2) is 76.5 Å². The van der Waals surface area contributed by atoms with Crippen LogP contribution in [0.1, 0.15) is 50.4 Å². The lowest BCUT2D eigenvalue weighted by Gasteiger charge is -2.35. The van der Waals surface area contributed by atoms with E-state index in [-0.39, 0.29) is 58.5 Å². The molecular weight excluding hydrogens is 699 g/mol. The number of anilines is 1. The third-order valence-electron chi connectivity index (χ3n) is 8.88. The van der Waals surface area contributed by atoms with Gasteiger partial charge in [-0.05, 0) is 99.8 Å². The van der Waals surface area contributed by atoms with Gasteiger partial charge < -0.3 is 29.0 Å². The predicted molar refractivity (Wildman–Crippen MR) is 193 cm³/mol. The number of hydrogen-bond donors (Lipinski definition) is 2. The van der Waals surface area contributed by atoms with Gasteiger partial charge in [-0.25, -0.2) is 16.8 Å². The molecule has 0 aliphatic carbocycles. The zero-order valence-electron chi connectivity index (χ0n) is 29.9. The molecule has 4 rings (SSSR count). The quantitative estimate of drug-likeness (QED) is 0.283. The molecule has 0 spiro atoms. The molecule has 0 fully saturated rings. The second kappa shape index (κ2) is 17.6. The van der Waals surface area contributed by atoms with E-state index in [0.717, 1.165) is 6.42 Å². The lowest BCUT2D eigenvalue weighted by molar-refractivity contribution is -0.00833. The number of ether oxygens (including phenoxy) is 4. The Labute approximate surface area is 301 Å². The SMILES string of the molecule is COc1ccc(S(=O)(=O)Nc2ccc3c(c2)C(=O)N([C@@H](C)CO)C[C@@H](C)[C@H](CN(C)S(=O)(=O)c2ccc(OC)cc2)OCCCC[C@H](C)O3)cc1. The number of rotatable bonds is 11. The summed E-state index contributed by atoms with van der Waals surface area (Å²) in [5.74, 6) is 0.427. The van der Waals surface area contributed by atoms with Crippen LogP contribution in [0, 0.1) is 5.92 Å². The van der Waals surface area contributed by atoms with Gasteiger partial charge in [0.25, 0.3) is 15.9 Å². The summed E-state index contributed by atoms with van der Waals surface area (Å²) in [5, 5.41) is 10.3. The van der Waals surface area contributed by atoms with Crippen molar-refractivity contribution in [2.24, 2.45) is 5.92 Å². The van der Waals surface area contributed by atoms with Crippen molar-refractivity contribution in [2.75, 3.05) is 52.3 Å². The first-order valence-electron chi connectivity index (χ1n) is 16.8. The summed E-state index contributed by atoms with van der Waals surface area (Å²) in [5.41, 5.74) is 0.254. The molecule has 0 bridgehead atoms. The highest BCUT2D eigenvalue weighted by Crippen LogP contribution is 2.30. The van der Waals surface area contributed by atoms with Crippen molar-refractivity contribution in [3.8, 4) is 17.2 Å². The fraction of sp³-hybridized carbons (Fsp3) is 0.472. The Hall–Kier alpha value is -3.89. The molecule has 51 heavy (non-hydrogen) atoms. The minimum atomic E-state index is -4.03. The van der Waals surface area contributed by atoms with E-state index in [4.69, 9.17) is 18.9 Å². The molecule has 0 saturated carbocycles. The van der Waals surface area contributed by atoms with Gasteiger partial charge in [0.15, 0.2) is 0 Å². The summed E-state index contributed by atoms with van der Waals surface area (Å²) in [6, 6.07) is 15.9. The van der Waals surface area contributed by atoms with Crippen LogP contribution in [0.3, 0.4) is 0 Å². The van der Waals surface area contributed by atoms with Gasteiger partial charge in [0.1, 0.15) is 17.2 Å². The van der Waals surface area contributed by atoms with Crippen LogP contribution < -0.4 is 18.9 Å². The first kappa shape index (κ1) is 39.9. The van der Waals surface area contributed by atoms with Gasteiger partial charge in [-0.1, -0.05) is 6.92 Å². The topological polar surface area (TPSA) is 161 Å². The Balaban J connectivity index is 1.66. The second-order valence-electron chi connectivity index (χ2n) is 12.8. The Morgan fingerprint density at radius 1 is 0.941 bits per heavy atom. The number of aliphatic hydroxyl groups excluding tert-OH is 1.